The number of hydrogen-bond donors (Lipinski definition) is 2. The third-order valence-electron chi connectivity index (χ3n) is 0.774. The summed E-state index contributed by atoms with van der Waals surface area (Å²) in [5, 5.41) is 8.71. The monoisotopic (exact) mass is 168 g/mol. The van der Waals surface area contributed by atoms with Gasteiger partial charge in [-0.2, -0.15) is 0 Å². The van der Waals surface area contributed by atoms with Gasteiger partial charge in [0.2, 0.25) is 0 Å². The molecule has 0 amide bonds. The molecular weight excluding hydrogens is 157 g/mol. The zero-order valence-electron chi connectivity index (χ0n) is 5.69. The SMILES string of the molecule is CP(=O)([O-])OCC(O)CN. The van der Waals surface area contributed by atoms with Crippen LogP contribution in [0.4, 0.5) is 0 Å². The Kier molecular flexibility index (Phi) is 4.08. The topological polar surface area (TPSA) is 95.6 Å². The standard InChI is InChI=1S/C4H12NO4P/c1-10(7,8)9-3-4(6)2-5/h4,6H,2-3,5H2,1H3,(H,7,8)/p-1. The average molecular weight is 168 g/mol. The molecule has 5 nitrogen and oxygen atoms in total. The molecule has 0 radical (unpaired) electrons. The lowest BCUT2D eigenvalue weighted by Crippen LogP contribution is -2.25. The molecule has 0 rings (SSSR count). The molecule has 6 heteroatoms. The molecule has 0 bridgehead atoms. The van der Waals surface area contributed by atoms with Gasteiger partial charge in [-0.15, -0.1) is 0 Å². The van der Waals surface area contributed by atoms with Gasteiger partial charge >= 0.3 is 0 Å². The molecule has 0 aliphatic rings. The zero-order chi connectivity index (χ0) is 8.20. The average Bonchev–Trinajstić information content (AvgIpc) is 1.81. The second-order valence-electron chi connectivity index (χ2n) is 1.96. The van der Waals surface area contributed by atoms with Crippen LogP contribution in [-0.2, 0) is 9.09 Å². The summed E-state index contributed by atoms with van der Waals surface area (Å²) in [7, 11) is -3.70. The van der Waals surface area contributed by atoms with Crippen molar-refractivity contribution in [2.24, 2.45) is 5.73 Å². The molecule has 10 heavy (non-hydrogen) atoms. The Morgan fingerprint density at radius 2 is 2.40 bits per heavy atom. The molecule has 0 spiro atoms. The molecule has 0 saturated carbocycles. The van der Waals surface area contributed by atoms with Gasteiger partial charge in [-0.25, -0.2) is 0 Å². The van der Waals surface area contributed by atoms with Crippen molar-refractivity contribution in [3.8, 4) is 0 Å². The van der Waals surface area contributed by atoms with Gasteiger partial charge in [0.15, 0.2) is 0 Å². The van der Waals surface area contributed by atoms with E-state index in [0.29, 0.717) is 0 Å². The first-order chi connectivity index (χ1) is 4.45. The molecule has 0 heterocycles. The van der Waals surface area contributed by atoms with Crippen molar-refractivity contribution < 1.29 is 19.1 Å². The zero-order valence-corrected chi connectivity index (χ0v) is 6.58. The maximum Gasteiger partial charge on any atom is 0.131 e. The van der Waals surface area contributed by atoms with E-state index in [1.807, 2.05) is 0 Å². The van der Waals surface area contributed by atoms with Crippen LogP contribution >= 0.6 is 7.60 Å². The predicted molar refractivity (Wildman–Crippen MR) is 34.5 cm³/mol. The third kappa shape index (κ3) is 6.19. The Labute approximate surface area is 59.3 Å². The molecule has 2 unspecified atom stereocenters. The quantitative estimate of drug-likeness (QED) is 0.498. The molecule has 0 aliphatic heterocycles. The van der Waals surface area contributed by atoms with Crippen molar-refractivity contribution in [1.82, 2.24) is 0 Å². The lowest BCUT2D eigenvalue weighted by atomic mass is 10.4. The van der Waals surface area contributed by atoms with E-state index in [4.69, 9.17) is 10.8 Å². The van der Waals surface area contributed by atoms with Crippen molar-refractivity contribution in [3.05, 3.63) is 0 Å². The minimum atomic E-state index is -3.70. The Balaban J connectivity index is 3.46. The van der Waals surface area contributed by atoms with E-state index >= 15 is 0 Å². The fourth-order valence-corrected chi connectivity index (χ4v) is 0.732. The van der Waals surface area contributed by atoms with Crippen molar-refractivity contribution in [2.75, 3.05) is 19.8 Å². The first kappa shape index (κ1) is 10.1. The first-order valence-corrected chi connectivity index (χ1v) is 4.76. The molecule has 3 N–H and O–H groups in total. The van der Waals surface area contributed by atoms with Gasteiger partial charge in [0.25, 0.3) is 0 Å². The molecule has 0 aromatic carbocycles. The summed E-state index contributed by atoms with van der Waals surface area (Å²) in [5.74, 6) is 0. The number of rotatable bonds is 4. The molecule has 62 valence electrons. The van der Waals surface area contributed by atoms with Gasteiger partial charge in [0, 0.05) is 13.2 Å². The first-order valence-electron chi connectivity index (χ1n) is 2.77. The normalized spacial score (nSPS) is 20.0. The van der Waals surface area contributed by atoms with Gasteiger partial charge < -0.3 is 24.8 Å². The van der Waals surface area contributed by atoms with E-state index in [1.54, 1.807) is 0 Å². The smallest absolute Gasteiger partial charge is 0.131 e. The number of aliphatic hydroxyl groups is 1. The highest BCUT2D eigenvalue weighted by Gasteiger charge is 2.04. The van der Waals surface area contributed by atoms with E-state index in [1.165, 1.54) is 0 Å². The summed E-state index contributed by atoms with van der Waals surface area (Å²) >= 11 is 0. The third-order valence-corrected chi connectivity index (χ3v) is 1.39. The van der Waals surface area contributed by atoms with Gasteiger partial charge in [0.1, 0.15) is 7.60 Å². The van der Waals surface area contributed by atoms with Crippen LogP contribution < -0.4 is 10.6 Å². The largest absolute Gasteiger partial charge is 0.779 e. The maximum atomic E-state index is 10.3. The van der Waals surface area contributed by atoms with E-state index in [2.05, 4.69) is 4.52 Å². The highest BCUT2D eigenvalue weighted by atomic mass is 31.2. The second kappa shape index (κ2) is 4.05. The highest BCUT2D eigenvalue weighted by Crippen LogP contribution is 2.30. The van der Waals surface area contributed by atoms with Crippen LogP contribution in [0.2, 0.25) is 0 Å². The van der Waals surface area contributed by atoms with Gasteiger partial charge in [-0.3, -0.25) is 0 Å². The molecule has 0 fully saturated rings. The summed E-state index contributed by atoms with van der Waals surface area (Å²) in [6.07, 6.45) is -0.901. The Hall–Kier alpha value is 0.0700. The number of aliphatic hydroxyl groups excluding tert-OH is 1. The summed E-state index contributed by atoms with van der Waals surface area (Å²) in [6, 6.07) is 0. The minimum absolute atomic E-state index is 0. The number of nitrogens with two attached hydrogens (primary N) is 1. The summed E-state index contributed by atoms with van der Waals surface area (Å²) < 4.78 is 14.6. The maximum absolute atomic E-state index is 10.3. The molecule has 0 aliphatic carbocycles. The van der Waals surface area contributed by atoms with Crippen LogP contribution in [0.15, 0.2) is 0 Å². The van der Waals surface area contributed by atoms with E-state index in [0.717, 1.165) is 6.66 Å². The molecule has 0 aromatic rings. The fourth-order valence-electron chi connectivity index (χ4n) is 0.289. The molecule has 0 saturated heterocycles. The Morgan fingerprint density at radius 3 is 2.70 bits per heavy atom. The van der Waals surface area contributed by atoms with Crippen molar-refractivity contribution in [2.45, 2.75) is 6.10 Å². The van der Waals surface area contributed by atoms with Crippen molar-refractivity contribution in [3.63, 3.8) is 0 Å². The molecule has 0 aromatic heterocycles. The van der Waals surface area contributed by atoms with Crippen LogP contribution in [0.25, 0.3) is 0 Å². The number of hydrogen-bond acceptors (Lipinski definition) is 5. The van der Waals surface area contributed by atoms with Crippen molar-refractivity contribution in [1.29, 1.82) is 0 Å². The molecule has 2 atom stereocenters. The lowest BCUT2D eigenvalue weighted by molar-refractivity contribution is -0.198. The van der Waals surface area contributed by atoms with Gasteiger partial charge in [0.05, 0.1) is 12.7 Å². The van der Waals surface area contributed by atoms with E-state index < -0.39 is 13.7 Å². The summed E-state index contributed by atoms with van der Waals surface area (Å²) in [4.78, 5) is 10.3. The lowest BCUT2D eigenvalue weighted by Gasteiger charge is -2.19. The van der Waals surface area contributed by atoms with E-state index in [-0.39, 0.29) is 13.2 Å². The van der Waals surface area contributed by atoms with Crippen molar-refractivity contribution >= 4 is 7.60 Å². The second-order valence-corrected chi connectivity index (χ2v) is 3.76. The van der Waals surface area contributed by atoms with Crippen LogP contribution in [0.1, 0.15) is 0 Å². The Morgan fingerprint density at radius 1 is 1.90 bits per heavy atom. The van der Waals surface area contributed by atoms with Crippen LogP contribution in [0.5, 0.6) is 0 Å². The van der Waals surface area contributed by atoms with Gasteiger partial charge in [-0.1, -0.05) is 0 Å². The highest BCUT2D eigenvalue weighted by molar-refractivity contribution is 7.50. The minimum Gasteiger partial charge on any atom is -0.779 e. The van der Waals surface area contributed by atoms with Gasteiger partial charge in [-0.05, 0) is 0 Å². The van der Waals surface area contributed by atoms with Crippen LogP contribution in [-0.4, -0.2) is 31.0 Å². The molecular formula is C4H11NO4P-. The fraction of sp³-hybridized carbons (Fsp3) is 1.00. The van der Waals surface area contributed by atoms with E-state index in [9.17, 15) is 9.46 Å². The summed E-state index contributed by atoms with van der Waals surface area (Å²) in [5.41, 5.74) is 4.98. The van der Waals surface area contributed by atoms with Crippen LogP contribution in [0.3, 0.4) is 0 Å². The summed E-state index contributed by atoms with van der Waals surface area (Å²) in [6.45, 7) is 0.685. The Bertz CT molecular complexity index is 133. The van der Waals surface area contributed by atoms with Crippen LogP contribution in [0, 0.1) is 0 Å². The predicted octanol–water partition coefficient (Wildman–Crippen LogP) is -1.49.